The van der Waals surface area contributed by atoms with Crippen LogP contribution in [-0.4, -0.2) is 24.5 Å². The molecule has 1 fully saturated rings. The summed E-state index contributed by atoms with van der Waals surface area (Å²) in [5, 5.41) is 0. The summed E-state index contributed by atoms with van der Waals surface area (Å²) in [5.74, 6) is 1.82. The van der Waals surface area contributed by atoms with E-state index < -0.39 is 0 Å². The van der Waals surface area contributed by atoms with Gasteiger partial charge in [-0.2, -0.15) is 0 Å². The molecule has 108 valence electrons. The van der Waals surface area contributed by atoms with Crippen LogP contribution in [0.3, 0.4) is 0 Å². The lowest BCUT2D eigenvalue weighted by atomic mass is 9.75. The molecule has 0 aromatic rings. The highest BCUT2D eigenvalue weighted by Crippen LogP contribution is 2.34. The minimum atomic E-state index is 0.517. The van der Waals surface area contributed by atoms with Crippen molar-refractivity contribution in [3.8, 4) is 0 Å². The topological polar surface area (TPSA) is 3.24 Å². The Morgan fingerprint density at radius 3 is 2.11 bits per heavy atom. The first kappa shape index (κ1) is 16.0. The third kappa shape index (κ3) is 6.22. The lowest BCUT2D eigenvalue weighted by Crippen LogP contribution is -2.38. The maximum Gasteiger partial charge on any atom is -0.00159 e. The van der Waals surface area contributed by atoms with Crippen LogP contribution in [0.1, 0.15) is 73.1 Å². The van der Waals surface area contributed by atoms with Crippen LogP contribution in [0.25, 0.3) is 0 Å². The van der Waals surface area contributed by atoms with Crippen LogP contribution >= 0.6 is 0 Å². The van der Waals surface area contributed by atoms with E-state index in [4.69, 9.17) is 0 Å². The molecule has 0 aromatic carbocycles. The average Bonchev–Trinajstić information content (AvgIpc) is 2.27. The molecule has 0 saturated carbocycles. The molecule has 0 N–H and O–H groups in total. The van der Waals surface area contributed by atoms with Crippen molar-refractivity contribution >= 4 is 0 Å². The van der Waals surface area contributed by atoms with Crippen molar-refractivity contribution in [1.82, 2.24) is 4.90 Å². The van der Waals surface area contributed by atoms with E-state index in [2.05, 4.69) is 39.5 Å². The van der Waals surface area contributed by atoms with Crippen molar-refractivity contribution in [2.75, 3.05) is 19.6 Å². The molecule has 0 amide bonds. The predicted octanol–water partition coefficient (Wildman–Crippen LogP) is 4.96. The van der Waals surface area contributed by atoms with Crippen molar-refractivity contribution in [1.29, 1.82) is 0 Å². The van der Waals surface area contributed by atoms with Gasteiger partial charge in [-0.15, -0.1) is 0 Å². The minimum absolute atomic E-state index is 0.517. The summed E-state index contributed by atoms with van der Waals surface area (Å²) in [5.41, 5.74) is 0.517. The zero-order valence-corrected chi connectivity index (χ0v) is 13.5. The zero-order valence-electron chi connectivity index (χ0n) is 13.5. The summed E-state index contributed by atoms with van der Waals surface area (Å²) in [6.07, 6.45) is 8.50. The SMILES string of the molecule is CC(C)CCCCCN1CCC(C(C)(C)C)CC1. The second kappa shape index (κ2) is 7.53. The van der Waals surface area contributed by atoms with E-state index in [9.17, 15) is 0 Å². The second-order valence-electron chi connectivity index (χ2n) is 7.73. The lowest BCUT2D eigenvalue weighted by molar-refractivity contribution is 0.111. The van der Waals surface area contributed by atoms with E-state index in [1.165, 1.54) is 58.2 Å². The molecule has 0 atom stereocenters. The van der Waals surface area contributed by atoms with Gasteiger partial charge in [0.25, 0.3) is 0 Å². The van der Waals surface area contributed by atoms with E-state index in [1.54, 1.807) is 0 Å². The fraction of sp³-hybridized carbons (Fsp3) is 1.00. The zero-order chi connectivity index (χ0) is 13.6. The number of rotatable bonds is 6. The highest BCUT2D eigenvalue weighted by molar-refractivity contribution is 4.80. The maximum absolute atomic E-state index is 2.69. The quantitative estimate of drug-likeness (QED) is 0.605. The Morgan fingerprint density at radius 1 is 1.00 bits per heavy atom. The Hall–Kier alpha value is -0.0400. The first-order chi connectivity index (χ1) is 8.39. The molecular weight excluding hydrogens is 218 g/mol. The Balaban J connectivity index is 2.06. The van der Waals surface area contributed by atoms with Gasteiger partial charge in [-0.1, -0.05) is 53.9 Å². The maximum atomic E-state index is 2.69. The summed E-state index contributed by atoms with van der Waals surface area (Å²) in [7, 11) is 0. The molecule has 0 aromatic heterocycles. The van der Waals surface area contributed by atoms with E-state index in [-0.39, 0.29) is 0 Å². The lowest BCUT2D eigenvalue weighted by Gasteiger charge is -2.38. The van der Waals surface area contributed by atoms with Gasteiger partial charge in [0.05, 0.1) is 0 Å². The number of likely N-dealkylation sites (tertiary alicyclic amines) is 1. The molecule has 0 spiro atoms. The molecule has 0 bridgehead atoms. The van der Waals surface area contributed by atoms with Crippen LogP contribution in [0.2, 0.25) is 0 Å². The van der Waals surface area contributed by atoms with Gasteiger partial charge in [-0.05, 0) is 56.1 Å². The van der Waals surface area contributed by atoms with Crippen molar-refractivity contribution in [3.05, 3.63) is 0 Å². The summed E-state index contributed by atoms with van der Waals surface area (Å²) >= 11 is 0. The fourth-order valence-electron chi connectivity index (χ4n) is 3.09. The number of piperidine rings is 1. The van der Waals surface area contributed by atoms with Gasteiger partial charge in [0.1, 0.15) is 0 Å². The molecular formula is C17H35N. The van der Waals surface area contributed by atoms with Crippen LogP contribution in [0.15, 0.2) is 0 Å². The van der Waals surface area contributed by atoms with Crippen molar-refractivity contribution < 1.29 is 0 Å². The summed E-state index contributed by atoms with van der Waals surface area (Å²) < 4.78 is 0. The molecule has 1 rings (SSSR count). The van der Waals surface area contributed by atoms with Crippen LogP contribution < -0.4 is 0 Å². The second-order valence-corrected chi connectivity index (χ2v) is 7.73. The molecule has 1 heteroatoms. The monoisotopic (exact) mass is 253 g/mol. The molecule has 1 aliphatic heterocycles. The smallest absolute Gasteiger partial charge is 0.00159 e. The number of unbranched alkanes of at least 4 members (excludes halogenated alkanes) is 2. The summed E-state index contributed by atoms with van der Waals surface area (Å²) in [6, 6.07) is 0. The van der Waals surface area contributed by atoms with E-state index in [1.807, 2.05) is 0 Å². The van der Waals surface area contributed by atoms with Crippen molar-refractivity contribution in [2.24, 2.45) is 17.3 Å². The summed E-state index contributed by atoms with van der Waals surface area (Å²) in [6.45, 7) is 15.9. The van der Waals surface area contributed by atoms with Gasteiger partial charge in [-0.3, -0.25) is 0 Å². The van der Waals surface area contributed by atoms with Gasteiger partial charge in [0, 0.05) is 0 Å². The predicted molar refractivity (Wildman–Crippen MR) is 81.9 cm³/mol. The molecule has 18 heavy (non-hydrogen) atoms. The van der Waals surface area contributed by atoms with Gasteiger partial charge in [0.2, 0.25) is 0 Å². The Bertz CT molecular complexity index is 206. The van der Waals surface area contributed by atoms with E-state index >= 15 is 0 Å². The number of hydrogen-bond donors (Lipinski definition) is 0. The standard InChI is InChI=1S/C17H35N/c1-15(2)9-7-6-8-12-18-13-10-16(11-14-18)17(3,4)5/h15-16H,6-14H2,1-5H3. The third-order valence-corrected chi connectivity index (χ3v) is 4.57. The molecule has 1 heterocycles. The van der Waals surface area contributed by atoms with E-state index in [0.717, 1.165) is 11.8 Å². The Morgan fingerprint density at radius 2 is 1.61 bits per heavy atom. The number of nitrogens with zero attached hydrogens (tertiary/aromatic N) is 1. The fourth-order valence-corrected chi connectivity index (χ4v) is 3.09. The minimum Gasteiger partial charge on any atom is -0.303 e. The van der Waals surface area contributed by atoms with Crippen LogP contribution in [0, 0.1) is 17.3 Å². The van der Waals surface area contributed by atoms with Gasteiger partial charge in [0.15, 0.2) is 0 Å². The first-order valence-corrected chi connectivity index (χ1v) is 8.12. The third-order valence-electron chi connectivity index (χ3n) is 4.57. The molecule has 0 radical (unpaired) electrons. The van der Waals surface area contributed by atoms with Crippen LogP contribution in [0.5, 0.6) is 0 Å². The first-order valence-electron chi connectivity index (χ1n) is 8.12. The van der Waals surface area contributed by atoms with Crippen molar-refractivity contribution in [3.63, 3.8) is 0 Å². The largest absolute Gasteiger partial charge is 0.303 e. The van der Waals surface area contributed by atoms with Crippen LogP contribution in [-0.2, 0) is 0 Å². The van der Waals surface area contributed by atoms with Gasteiger partial charge >= 0.3 is 0 Å². The highest BCUT2D eigenvalue weighted by atomic mass is 15.1. The number of hydrogen-bond acceptors (Lipinski definition) is 1. The molecule has 0 aliphatic carbocycles. The molecule has 1 aliphatic rings. The summed E-state index contributed by atoms with van der Waals surface area (Å²) in [4.78, 5) is 2.69. The average molecular weight is 253 g/mol. The molecule has 1 saturated heterocycles. The van der Waals surface area contributed by atoms with Gasteiger partial charge < -0.3 is 4.90 Å². The van der Waals surface area contributed by atoms with Crippen LogP contribution in [0.4, 0.5) is 0 Å². The van der Waals surface area contributed by atoms with Gasteiger partial charge in [-0.25, -0.2) is 0 Å². The Kier molecular flexibility index (Phi) is 6.70. The normalized spacial score (nSPS) is 19.7. The highest BCUT2D eigenvalue weighted by Gasteiger charge is 2.28. The van der Waals surface area contributed by atoms with Crippen molar-refractivity contribution in [2.45, 2.75) is 73.1 Å². The van der Waals surface area contributed by atoms with E-state index in [0.29, 0.717) is 5.41 Å². The molecule has 1 nitrogen and oxygen atoms in total. The molecule has 0 unspecified atom stereocenters. The Labute approximate surface area is 115 Å².